The third-order valence-electron chi connectivity index (χ3n) is 3.59. The Balaban J connectivity index is 1.98. The van der Waals surface area contributed by atoms with E-state index in [0.29, 0.717) is 0 Å². The highest BCUT2D eigenvalue weighted by molar-refractivity contribution is 7.12. The van der Waals surface area contributed by atoms with Crippen LogP contribution in [0.25, 0.3) is 0 Å². The molecule has 0 aliphatic heterocycles. The van der Waals surface area contributed by atoms with Gasteiger partial charge in [-0.05, 0) is 44.0 Å². The Morgan fingerprint density at radius 3 is 2.53 bits per heavy atom. The molecule has 0 radical (unpaired) electrons. The van der Waals surface area contributed by atoms with Crippen LogP contribution in [0.15, 0.2) is 12.1 Å². The lowest BCUT2D eigenvalue weighted by Crippen LogP contribution is -2.12. The van der Waals surface area contributed by atoms with Crippen molar-refractivity contribution in [1.29, 1.82) is 5.26 Å². The van der Waals surface area contributed by atoms with E-state index >= 15 is 0 Å². The minimum atomic E-state index is 0.720. The van der Waals surface area contributed by atoms with Gasteiger partial charge in [0.15, 0.2) is 0 Å². The molecule has 0 saturated heterocycles. The van der Waals surface area contributed by atoms with Crippen LogP contribution in [-0.2, 0) is 20.1 Å². The maximum absolute atomic E-state index is 9.00. The number of aromatic nitrogens is 1. The summed E-state index contributed by atoms with van der Waals surface area (Å²) in [7, 11) is 1.93. The number of nitrogens with zero attached hydrogens (tertiary/aromatic N) is 2. The number of nitrogens with one attached hydrogen (secondary N) is 1. The van der Waals surface area contributed by atoms with Gasteiger partial charge in [-0.1, -0.05) is 0 Å². The molecule has 2 aromatic heterocycles. The van der Waals surface area contributed by atoms with E-state index in [0.717, 1.165) is 24.5 Å². The molecule has 0 aromatic carbocycles. The molecule has 19 heavy (non-hydrogen) atoms. The van der Waals surface area contributed by atoms with Crippen molar-refractivity contribution in [1.82, 2.24) is 9.88 Å². The summed E-state index contributed by atoms with van der Waals surface area (Å²) in [5.41, 5.74) is 4.44. The summed E-state index contributed by atoms with van der Waals surface area (Å²) in [4.78, 5) is 2.75. The molecule has 0 aliphatic carbocycles. The largest absolute Gasteiger partial charge is 0.340 e. The fraction of sp³-hybridized carbons (Fsp3) is 0.400. The summed E-state index contributed by atoms with van der Waals surface area (Å²) in [6, 6.07) is 6.42. The Morgan fingerprint density at radius 1 is 1.26 bits per heavy atom. The summed E-state index contributed by atoms with van der Waals surface area (Å²) in [6.07, 6.45) is 0. The van der Waals surface area contributed by atoms with E-state index in [4.69, 9.17) is 5.26 Å². The lowest BCUT2D eigenvalue weighted by atomic mass is 10.2. The van der Waals surface area contributed by atoms with Crippen molar-refractivity contribution in [2.45, 2.75) is 33.9 Å². The van der Waals surface area contributed by atoms with Gasteiger partial charge in [-0.15, -0.1) is 11.3 Å². The van der Waals surface area contributed by atoms with Crippen molar-refractivity contribution in [3.05, 3.63) is 44.4 Å². The Bertz CT molecular complexity index is 609. The quantitative estimate of drug-likeness (QED) is 0.929. The highest BCUT2D eigenvalue weighted by Gasteiger charge is 2.08. The third-order valence-corrected chi connectivity index (χ3v) is 4.74. The van der Waals surface area contributed by atoms with Crippen molar-refractivity contribution < 1.29 is 0 Å². The molecule has 4 heteroatoms. The van der Waals surface area contributed by atoms with Crippen molar-refractivity contribution >= 4 is 11.3 Å². The van der Waals surface area contributed by atoms with E-state index in [2.05, 4.69) is 38.2 Å². The smallest absolute Gasteiger partial charge is 0.120 e. The first-order valence-corrected chi connectivity index (χ1v) is 7.16. The third kappa shape index (κ3) is 2.89. The average Bonchev–Trinajstić information content (AvgIpc) is 2.84. The van der Waals surface area contributed by atoms with Gasteiger partial charge in [0.1, 0.15) is 11.8 Å². The predicted molar refractivity (Wildman–Crippen MR) is 79.2 cm³/mol. The van der Waals surface area contributed by atoms with E-state index in [9.17, 15) is 0 Å². The fourth-order valence-corrected chi connectivity index (χ4v) is 3.13. The molecular weight excluding hydrogens is 254 g/mol. The molecule has 2 aromatic rings. The van der Waals surface area contributed by atoms with Gasteiger partial charge < -0.3 is 9.88 Å². The van der Waals surface area contributed by atoms with E-state index in [-0.39, 0.29) is 0 Å². The predicted octanol–water partition coefficient (Wildman–Crippen LogP) is 3.17. The summed E-state index contributed by atoms with van der Waals surface area (Å²) >= 11 is 1.85. The first-order chi connectivity index (χ1) is 9.02. The Labute approximate surface area is 118 Å². The monoisotopic (exact) mass is 273 g/mol. The van der Waals surface area contributed by atoms with Gasteiger partial charge in [0.25, 0.3) is 0 Å². The molecule has 0 fully saturated rings. The Morgan fingerprint density at radius 2 is 2.00 bits per heavy atom. The molecule has 2 heterocycles. The molecule has 1 N–H and O–H groups in total. The van der Waals surface area contributed by atoms with Gasteiger partial charge in [-0.25, -0.2) is 0 Å². The number of thiophene rings is 1. The van der Waals surface area contributed by atoms with Crippen LogP contribution in [0, 0.1) is 32.1 Å². The van der Waals surface area contributed by atoms with Crippen molar-refractivity contribution in [3.63, 3.8) is 0 Å². The second-order valence-electron chi connectivity index (χ2n) is 4.87. The molecule has 0 unspecified atom stereocenters. The van der Waals surface area contributed by atoms with Crippen LogP contribution in [0.5, 0.6) is 0 Å². The van der Waals surface area contributed by atoms with Crippen LogP contribution in [0.2, 0.25) is 0 Å². The van der Waals surface area contributed by atoms with Crippen molar-refractivity contribution in [3.8, 4) is 6.07 Å². The number of hydrogen-bond donors (Lipinski definition) is 1. The molecule has 100 valence electrons. The summed E-state index contributed by atoms with van der Waals surface area (Å²) in [5.74, 6) is 0. The van der Waals surface area contributed by atoms with Crippen LogP contribution in [-0.4, -0.2) is 4.57 Å². The molecule has 0 bridgehead atoms. The summed E-state index contributed by atoms with van der Waals surface area (Å²) in [6.45, 7) is 8.05. The number of hydrogen-bond acceptors (Lipinski definition) is 3. The molecule has 3 nitrogen and oxygen atoms in total. The van der Waals surface area contributed by atoms with E-state index in [1.54, 1.807) is 0 Å². The van der Waals surface area contributed by atoms with Gasteiger partial charge in [-0.2, -0.15) is 5.26 Å². The molecule has 0 atom stereocenters. The van der Waals surface area contributed by atoms with Gasteiger partial charge >= 0.3 is 0 Å². The van der Waals surface area contributed by atoms with Gasteiger partial charge in [-0.3, -0.25) is 0 Å². The fourth-order valence-electron chi connectivity index (χ4n) is 2.11. The highest BCUT2D eigenvalue weighted by atomic mass is 32.1. The molecule has 2 rings (SSSR count). The lowest BCUT2D eigenvalue weighted by molar-refractivity contribution is 0.694. The maximum atomic E-state index is 9.00. The summed E-state index contributed by atoms with van der Waals surface area (Å²) < 4.78 is 1.94. The lowest BCUT2D eigenvalue weighted by Gasteiger charge is -2.04. The van der Waals surface area contributed by atoms with Crippen LogP contribution < -0.4 is 5.32 Å². The maximum Gasteiger partial charge on any atom is 0.120 e. The standard InChI is InChI=1S/C15H19N3S/c1-10-5-15(19-12(10)3)9-17-8-13-6-14(7-16)18(4)11(13)2/h5-6,17H,8-9H2,1-4H3. The van der Waals surface area contributed by atoms with Crippen LogP contribution in [0.4, 0.5) is 0 Å². The number of rotatable bonds is 4. The second-order valence-corrected chi connectivity index (χ2v) is 6.21. The molecule has 0 amide bonds. The minimum Gasteiger partial charge on any atom is -0.340 e. The van der Waals surface area contributed by atoms with Gasteiger partial charge in [0.2, 0.25) is 0 Å². The van der Waals surface area contributed by atoms with Crippen molar-refractivity contribution in [2.75, 3.05) is 0 Å². The topological polar surface area (TPSA) is 40.8 Å². The zero-order chi connectivity index (χ0) is 14.0. The average molecular weight is 273 g/mol. The molecule has 0 spiro atoms. The Hall–Kier alpha value is -1.57. The van der Waals surface area contributed by atoms with E-state index in [1.807, 2.05) is 29.0 Å². The Kier molecular flexibility index (Phi) is 4.08. The summed E-state index contributed by atoms with van der Waals surface area (Å²) in [5, 5.41) is 12.5. The van der Waals surface area contributed by atoms with Crippen molar-refractivity contribution in [2.24, 2.45) is 7.05 Å². The molecule has 0 saturated carbocycles. The van der Waals surface area contributed by atoms with Gasteiger partial charge in [0.05, 0.1) is 0 Å². The van der Waals surface area contributed by atoms with E-state index in [1.165, 1.54) is 20.9 Å². The van der Waals surface area contributed by atoms with Crippen LogP contribution in [0.3, 0.4) is 0 Å². The molecular formula is C15H19N3S. The molecule has 0 aliphatic rings. The van der Waals surface area contributed by atoms with Crippen LogP contribution in [0.1, 0.15) is 32.3 Å². The number of nitriles is 1. The second kappa shape index (κ2) is 5.60. The number of aryl methyl sites for hydroxylation is 2. The highest BCUT2D eigenvalue weighted by Crippen LogP contribution is 2.20. The van der Waals surface area contributed by atoms with E-state index < -0.39 is 0 Å². The first-order valence-electron chi connectivity index (χ1n) is 6.35. The van der Waals surface area contributed by atoms with Gasteiger partial charge in [0, 0.05) is 35.6 Å². The first kappa shape index (κ1) is 13.9. The minimum absolute atomic E-state index is 0.720. The normalized spacial score (nSPS) is 10.7. The SMILES string of the molecule is Cc1cc(CNCc2cc(C#N)n(C)c2C)sc1C. The van der Waals surface area contributed by atoms with Crippen LogP contribution >= 0.6 is 11.3 Å². The zero-order valence-corrected chi connectivity index (χ0v) is 12.7. The zero-order valence-electron chi connectivity index (χ0n) is 11.9.